The van der Waals surface area contributed by atoms with E-state index in [1.165, 1.54) is 6.07 Å². The predicted octanol–water partition coefficient (Wildman–Crippen LogP) is 4.87. The number of hydrogen-bond donors (Lipinski definition) is 2. The molecule has 2 aromatic heterocycles. The molecule has 0 bridgehead atoms. The molecule has 3 aliphatic heterocycles. The molecule has 5 heterocycles. The number of anilines is 2. The number of rotatable bonds is 10. The first-order chi connectivity index (χ1) is 28.4. The van der Waals surface area contributed by atoms with E-state index in [9.17, 15) is 37.6 Å². The van der Waals surface area contributed by atoms with Gasteiger partial charge in [-0.25, -0.2) is 4.98 Å². The average Bonchev–Trinajstić information content (AvgIpc) is 3.61. The van der Waals surface area contributed by atoms with Crippen molar-refractivity contribution in [3.63, 3.8) is 0 Å². The van der Waals surface area contributed by atoms with Crippen molar-refractivity contribution in [2.75, 3.05) is 43.0 Å². The Morgan fingerprint density at radius 1 is 1.10 bits per heavy atom. The molecule has 4 amide bonds. The number of carbonyl (C=O) groups excluding carboxylic acids is 4. The number of alkyl halides is 3. The van der Waals surface area contributed by atoms with E-state index in [0.717, 1.165) is 55.0 Å². The van der Waals surface area contributed by atoms with Gasteiger partial charge in [0.05, 0.1) is 59.5 Å². The zero-order valence-electron chi connectivity index (χ0n) is 34.6. The molecule has 7 rings (SSSR count). The largest absolute Gasteiger partial charge is 0.419 e. The number of halogens is 4. The number of benzene rings is 1. The topological polar surface area (TPSA) is 169 Å². The lowest BCUT2D eigenvalue weighted by atomic mass is 9.89. The fourth-order valence-electron chi connectivity index (χ4n) is 9.34. The Balaban J connectivity index is 0.00000622. The number of nitriles is 1. The van der Waals surface area contributed by atoms with Crippen LogP contribution in [0.25, 0.3) is 10.9 Å². The Hall–Kier alpha value is -4.74. The minimum atomic E-state index is -4.83. The summed E-state index contributed by atoms with van der Waals surface area (Å²) < 4.78 is 49.2. The van der Waals surface area contributed by atoms with Gasteiger partial charge in [-0.1, -0.05) is 12.1 Å². The number of piperidine rings is 1. The number of aromatic nitrogens is 3. The maximum atomic E-state index is 13.7. The Kier molecular flexibility index (Phi) is 13.5. The molecule has 20 heteroatoms. The van der Waals surface area contributed by atoms with Crippen molar-refractivity contribution in [2.24, 2.45) is 7.05 Å². The highest BCUT2D eigenvalue weighted by molar-refractivity contribution is 7.80. The summed E-state index contributed by atoms with van der Waals surface area (Å²) >= 11 is 5.72. The van der Waals surface area contributed by atoms with E-state index in [0.29, 0.717) is 42.8 Å². The van der Waals surface area contributed by atoms with Gasteiger partial charge < -0.3 is 15.0 Å². The van der Waals surface area contributed by atoms with Crippen LogP contribution in [0.3, 0.4) is 0 Å². The number of pyridine rings is 1. The average molecular weight is 887 g/mol. The summed E-state index contributed by atoms with van der Waals surface area (Å²) in [4.78, 5) is 62.6. The summed E-state index contributed by atoms with van der Waals surface area (Å²) in [5.41, 5.74) is -1.33. The Morgan fingerprint density at radius 3 is 2.43 bits per heavy atom. The molecule has 2 N–H and O–H groups in total. The van der Waals surface area contributed by atoms with Crippen LogP contribution in [0.15, 0.2) is 30.5 Å². The van der Waals surface area contributed by atoms with Gasteiger partial charge in [-0.2, -0.15) is 23.5 Å². The summed E-state index contributed by atoms with van der Waals surface area (Å²) in [6.07, 6.45) is -0.304. The van der Waals surface area contributed by atoms with Crippen LogP contribution >= 0.6 is 24.6 Å². The molecule has 1 unspecified atom stereocenters. The normalized spacial score (nSPS) is 25.1. The molecule has 4 aliphatic rings. The number of amides is 4. The van der Waals surface area contributed by atoms with Crippen LogP contribution in [0.2, 0.25) is 0 Å². The first kappa shape index (κ1) is 45.8. The first-order valence-corrected chi connectivity index (χ1v) is 20.6. The molecule has 1 aliphatic carbocycles. The number of ether oxygens (including phenoxy) is 1. The fraction of sp³-hybridized carbons (Fsp3) is 0.561. The summed E-state index contributed by atoms with van der Waals surface area (Å²) in [7, 11) is 1.77. The lowest BCUT2D eigenvalue weighted by molar-refractivity contribution is -0.138. The molecule has 4 fully saturated rings. The summed E-state index contributed by atoms with van der Waals surface area (Å²) in [6.45, 7) is 10.6. The maximum Gasteiger partial charge on any atom is 0.419 e. The number of fused-ring (bicyclic) bond motifs is 1. The van der Waals surface area contributed by atoms with Gasteiger partial charge >= 0.3 is 6.18 Å². The lowest BCUT2D eigenvalue weighted by Gasteiger charge is -2.44. The molecule has 1 aromatic carbocycles. The van der Waals surface area contributed by atoms with Crippen molar-refractivity contribution in [1.29, 1.82) is 5.26 Å². The second-order valence-electron chi connectivity index (χ2n) is 16.7. The van der Waals surface area contributed by atoms with Crippen LogP contribution in [-0.2, 0) is 37.1 Å². The lowest BCUT2D eigenvalue weighted by Crippen LogP contribution is -2.58. The molecule has 15 nitrogen and oxygen atoms in total. The summed E-state index contributed by atoms with van der Waals surface area (Å²) in [6, 6.07) is 7.81. The minimum Gasteiger partial charge on any atom is -0.377 e. The number of nitrogens with one attached hydrogen (secondary N) is 2. The number of nitrogens with zero attached hydrogens (tertiary/aromatic N) is 8. The summed E-state index contributed by atoms with van der Waals surface area (Å²) in [5.74, 6) is -1.82. The minimum absolute atomic E-state index is 0. The SMILES string of the molecule is C[C@@H]1CN(CCOC2CCC(N3C(=S)N(c4cnc(C#N)c(C(F)(F)F)c4)C(=O)C3(C)C)CC2)C[C@H](C)N1CC(=O)Nc1cccc2c(C3CCC(=O)NC3=O)nn(C)c12.Cl. The quantitative estimate of drug-likeness (QED) is 0.210. The molecule has 0 spiro atoms. The van der Waals surface area contributed by atoms with Crippen molar-refractivity contribution in [1.82, 2.24) is 34.8 Å². The zero-order chi connectivity index (χ0) is 43.3. The number of para-hydroxylation sites is 1. The smallest absolute Gasteiger partial charge is 0.377 e. The number of piperazine rings is 1. The van der Waals surface area contributed by atoms with Crippen molar-refractivity contribution in [2.45, 2.75) is 108 Å². The number of imide groups is 1. The second kappa shape index (κ2) is 17.9. The first-order valence-electron chi connectivity index (χ1n) is 20.2. The van der Waals surface area contributed by atoms with E-state index in [-0.39, 0.29) is 78.1 Å². The fourth-order valence-corrected chi connectivity index (χ4v) is 9.91. The van der Waals surface area contributed by atoms with Gasteiger partial charge in [0.25, 0.3) is 5.91 Å². The van der Waals surface area contributed by atoms with Gasteiger partial charge in [0, 0.05) is 56.6 Å². The van der Waals surface area contributed by atoms with Crippen LogP contribution < -0.4 is 15.5 Å². The van der Waals surface area contributed by atoms with Crippen molar-refractivity contribution >= 4 is 75.6 Å². The molecule has 1 saturated carbocycles. The van der Waals surface area contributed by atoms with Gasteiger partial charge in [-0.15, -0.1) is 12.4 Å². The predicted molar refractivity (Wildman–Crippen MR) is 226 cm³/mol. The van der Waals surface area contributed by atoms with Crippen LogP contribution in [0.4, 0.5) is 24.5 Å². The maximum absolute atomic E-state index is 13.7. The highest BCUT2D eigenvalue weighted by atomic mass is 35.5. The molecular formula is C41H50ClF3N10O5S. The van der Waals surface area contributed by atoms with Gasteiger partial charge in [-0.3, -0.25) is 43.9 Å². The van der Waals surface area contributed by atoms with Gasteiger partial charge in [-0.05, 0) is 84.1 Å². The standard InChI is InChI=1S/C41H49F3N10O5S.ClH/c1-23-20-51(21-24(2)52(23)22-34(56)47-31-8-6-7-28-35(49-50(5)36(28)31)29-13-14-33(55)48-37(29)57)15-16-59-27-11-9-25(10-12-27)54-39(60)53(38(58)40(54,3)4)26-17-30(41(42,43)44)32(18-45)46-19-26;/h6-8,17,19,23-25,27,29H,9-16,20-22H2,1-5H3,(H,47,56)(H,48,55,57);1H/t23-,24+,25?,27?,29?;. The number of thiocarbonyl (C=S) groups is 1. The van der Waals surface area contributed by atoms with Crippen LogP contribution in [-0.4, -0.2) is 121 Å². The highest BCUT2D eigenvalue weighted by Crippen LogP contribution is 2.40. The van der Waals surface area contributed by atoms with E-state index in [1.54, 1.807) is 25.6 Å². The number of carbonyl (C=O) groups is 4. The summed E-state index contributed by atoms with van der Waals surface area (Å²) in [5, 5.41) is 20.1. The molecule has 3 saturated heterocycles. The Bertz CT molecular complexity index is 2250. The van der Waals surface area contributed by atoms with Crippen LogP contribution in [0, 0.1) is 11.3 Å². The monoisotopic (exact) mass is 886 g/mol. The molecule has 61 heavy (non-hydrogen) atoms. The van der Waals surface area contributed by atoms with Crippen LogP contribution in [0.5, 0.6) is 0 Å². The third-order valence-electron chi connectivity index (χ3n) is 12.3. The van der Waals surface area contributed by atoms with Crippen LogP contribution in [0.1, 0.15) is 89.1 Å². The Morgan fingerprint density at radius 2 is 1.79 bits per heavy atom. The van der Waals surface area contributed by atoms with Crippen molar-refractivity contribution in [3.8, 4) is 6.07 Å². The zero-order valence-corrected chi connectivity index (χ0v) is 36.3. The van der Waals surface area contributed by atoms with E-state index in [2.05, 4.69) is 44.4 Å². The highest BCUT2D eigenvalue weighted by Gasteiger charge is 2.53. The molecule has 3 atom stereocenters. The van der Waals surface area contributed by atoms with Crippen molar-refractivity contribution in [3.05, 3.63) is 47.4 Å². The van der Waals surface area contributed by atoms with Crippen molar-refractivity contribution < 1.29 is 37.1 Å². The van der Waals surface area contributed by atoms with Gasteiger partial charge in [0.2, 0.25) is 17.7 Å². The van der Waals surface area contributed by atoms with E-state index in [4.69, 9.17) is 17.0 Å². The van der Waals surface area contributed by atoms with E-state index < -0.39 is 34.8 Å². The molecular weight excluding hydrogens is 837 g/mol. The van der Waals surface area contributed by atoms with Gasteiger partial charge in [0.15, 0.2) is 10.8 Å². The molecule has 3 aromatic rings. The molecule has 0 radical (unpaired) electrons. The number of aryl methyl sites for hydroxylation is 1. The van der Waals surface area contributed by atoms with Gasteiger partial charge in [0.1, 0.15) is 11.6 Å². The third-order valence-corrected chi connectivity index (χ3v) is 12.7. The number of hydrogen-bond acceptors (Lipinski definition) is 11. The van der Waals surface area contributed by atoms with E-state index in [1.807, 2.05) is 23.1 Å². The second-order valence-corrected chi connectivity index (χ2v) is 17.1. The molecule has 328 valence electrons. The Labute approximate surface area is 363 Å². The van der Waals surface area contributed by atoms with E-state index >= 15 is 0 Å². The third kappa shape index (κ3) is 9.10.